The molecule has 150 valence electrons. The molecule has 0 amide bonds. The van der Waals surface area contributed by atoms with Crippen molar-refractivity contribution in [3.8, 4) is 0 Å². The number of aryl methyl sites for hydroxylation is 2. The molecule has 3 atom stereocenters. The summed E-state index contributed by atoms with van der Waals surface area (Å²) in [6, 6.07) is 0. The SMILES string of the molecule is Cc1nc(C)c(C(O)C(=O)OC(C)C)c(N2CC[C@H]3CCCC[C@@H]3C2)c1Br. The van der Waals surface area contributed by atoms with E-state index in [0.717, 1.165) is 34.9 Å². The molecule has 5 nitrogen and oxygen atoms in total. The lowest BCUT2D eigenvalue weighted by atomic mass is 9.75. The summed E-state index contributed by atoms with van der Waals surface area (Å²) in [4.78, 5) is 19.3. The first-order valence-electron chi connectivity index (χ1n) is 10.1. The van der Waals surface area contributed by atoms with E-state index in [1.54, 1.807) is 13.8 Å². The van der Waals surface area contributed by atoms with Gasteiger partial charge >= 0.3 is 5.97 Å². The van der Waals surface area contributed by atoms with Crippen molar-refractivity contribution >= 4 is 27.6 Å². The first-order valence-corrected chi connectivity index (χ1v) is 10.9. The van der Waals surface area contributed by atoms with Gasteiger partial charge in [0.15, 0.2) is 6.10 Å². The monoisotopic (exact) mass is 438 g/mol. The summed E-state index contributed by atoms with van der Waals surface area (Å²) < 4.78 is 6.14. The molecular weight excluding hydrogens is 408 g/mol. The highest BCUT2D eigenvalue weighted by molar-refractivity contribution is 9.10. The van der Waals surface area contributed by atoms with Crippen molar-refractivity contribution in [2.24, 2.45) is 11.8 Å². The summed E-state index contributed by atoms with van der Waals surface area (Å²) in [7, 11) is 0. The lowest BCUT2D eigenvalue weighted by Gasteiger charge is -2.43. The maximum Gasteiger partial charge on any atom is 0.340 e. The number of aliphatic hydroxyl groups is 1. The second kappa shape index (κ2) is 8.48. The first kappa shape index (κ1) is 20.6. The number of pyridine rings is 1. The van der Waals surface area contributed by atoms with Crippen LogP contribution < -0.4 is 4.90 Å². The van der Waals surface area contributed by atoms with E-state index >= 15 is 0 Å². The average molecular weight is 439 g/mol. The highest BCUT2D eigenvalue weighted by Gasteiger charge is 2.35. The van der Waals surface area contributed by atoms with E-state index in [1.165, 1.54) is 32.1 Å². The van der Waals surface area contributed by atoms with E-state index in [4.69, 9.17) is 4.74 Å². The first-order chi connectivity index (χ1) is 12.8. The Morgan fingerprint density at radius 1 is 1.19 bits per heavy atom. The zero-order chi connectivity index (χ0) is 19.7. The fourth-order valence-corrected chi connectivity index (χ4v) is 5.23. The average Bonchev–Trinajstić information content (AvgIpc) is 2.63. The number of aromatic nitrogens is 1. The van der Waals surface area contributed by atoms with Gasteiger partial charge in [0.25, 0.3) is 0 Å². The number of aliphatic hydroxyl groups excluding tert-OH is 1. The number of carbonyl (C=O) groups is 1. The Kier molecular flexibility index (Phi) is 6.46. The van der Waals surface area contributed by atoms with E-state index < -0.39 is 12.1 Å². The number of halogens is 1. The largest absolute Gasteiger partial charge is 0.461 e. The highest BCUT2D eigenvalue weighted by Crippen LogP contribution is 2.43. The van der Waals surface area contributed by atoms with Gasteiger partial charge in [0.05, 0.1) is 22.0 Å². The quantitative estimate of drug-likeness (QED) is 0.702. The van der Waals surface area contributed by atoms with Crippen molar-refractivity contribution in [1.82, 2.24) is 4.98 Å². The van der Waals surface area contributed by atoms with Gasteiger partial charge in [0.1, 0.15) is 0 Å². The Morgan fingerprint density at radius 3 is 2.52 bits per heavy atom. The van der Waals surface area contributed by atoms with E-state index in [-0.39, 0.29) is 6.10 Å². The number of esters is 1. The van der Waals surface area contributed by atoms with E-state index in [9.17, 15) is 9.90 Å². The van der Waals surface area contributed by atoms with Crippen molar-refractivity contribution in [3.63, 3.8) is 0 Å². The molecule has 1 N–H and O–H groups in total. The molecular formula is C21H31BrN2O3. The maximum atomic E-state index is 12.4. The van der Waals surface area contributed by atoms with Gasteiger partial charge in [0, 0.05) is 24.3 Å². The van der Waals surface area contributed by atoms with Gasteiger partial charge in [-0.25, -0.2) is 4.79 Å². The van der Waals surface area contributed by atoms with E-state index in [0.29, 0.717) is 17.2 Å². The third kappa shape index (κ3) is 4.32. The smallest absolute Gasteiger partial charge is 0.340 e. The third-order valence-electron chi connectivity index (χ3n) is 5.96. The van der Waals surface area contributed by atoms with Gasteiger partial charge in [-0.1, -0.05) is 19.3 Å². The zero-order valence-corrected chi connectivity index (χ0v) is 18.4. The Labute approximate surface area is 170 Å². The van der Waals surface area contributed by atoms with Gasteiger partial charge in [-0.15, -0.1) is 0 Å². The lowest BCUT2D eigenvalue weighted by molar-refractivity contribution is -0.157. The molecule has 1 saturated heterocycles. The third-order valence-corrected chi connectivity index (χ3v) is 6.91. The number of ether oxygens (including phenoxy) is 1. The van der Waals surface area contributed by atoms with Crippen LogP contribution in [0.5, 0.6) is 0 Å². The fourth-order valence-electron chi connectivity index (χ4n) is 4.68. The molecule has 1 aromatic heterocycles. The molecule has 2 aliphatic rings. The standard InChI is InChI=1S/C21H31BrN2O3/c1-12(2)27-21(26)20(25)17-13(3)23-14(4)18(22)19(17)24-10-9-15-7-5-6-8-16(15)11-24/h12,15-16,20,25H,5-11H2,1-4H3/t15-,16-,20?/m1/s1. The Balaban J connectivity index is 1.97. The van der Waals surface area contributed by atoms with Gasteiger partial charge in [-0.05, 0) is 68.3 Å². The van der Waals surface area contributed by atoms with Crippen molar-refractivity contribution in [3.05, 3.63) is 21.4 Å². The molecule has 2 fully saturated rings. The molecule has 1 aliphatic carbocycles. The van der Waals surface area contributed by atoms with Gasteiger partial charge < -0.3 is 14.7 Å². The predicted molar refractivity (Wildman–Crippen MR) is 110 cm³/mol. The second-order valence-corrected chi connectivity index (χ2v) is 9.08. The summed E-state index contributed by atoms with van der Waals surface area (Å²) in [5.74, 6) is 0.900. The lowest BCUT2D eigenvalue weighted by Crippen LogP contribution is -2.43. The fraction of sp³-hybridized carbons (Fsp3) is 0.714. The molecule has 0 spiro atoms. The number of anilines is 1. The highest BCUT2D eigenvalue weighted by atomic mass is 79.9. The molecule has 27 heavy (non-hydrogen) atoms. The number of rotatable bonds is 4. The summed E-state index contributed by atoms with van der Waals surface area (Å²) in [5.41, 5.74) is 3.05. The summed E-state index contributed by atoms with van der Waals surface area (Å²) in [5, 5.41) is 10.8. The summed E-state index contributed by atoms with van der Waals surface area (Å²) in [6.07, 6.45) is 4.85. The molecule has 1 unspecified atom stereocenters. The minimum atomic E-state index is -1.32. The molecule has 3 rings (SSSR count). The van der Waals surface area contributed by atoms with Crippen LogP contribution in [0, 0.1) is 25.7 Å². The van der Waals surface area contributed by atoms with Crippen LogP contribution >= 0.6 is 15.9 Å². The maximum absolute atomic E-state index is 12.4. The van der Waals surface area contributed by atoms with Crippen LogP contribution in [0.2, 0.25) is 0 Å². The molecule has 1 aromatic rings. The van der Waals surface area contributed by atoms with Crippen LogP contribution in [-0.4, -0.2) is 35.3 Å². The van der Waals surface area contributed by atoms with Crippen LogP contribution in [0.15, 0.2) is 4.47 Å². The van der Waals surface area contributed by atoms with Crippen molar-refractivity contribution in [1.29, 1.82) is 0 Å². The van der Waals surface area contributed by atoms with Crippen LogP contribution in [0.25, 0.3) is 0 Å². The van der Waals surface area contributed by atoms with E-state index in [1.807, 2.05) is 13.8 Å². The number of nitrogens with zero attached hydrogens (tertiary/aromatic N) is 2. The minimum absolute atomic E-state index is 0.268. The Bertz CT molecular complexity index is 707. The number of fused-ring (bicyclic) bond motifs is 1. The van der Waals surface area contributed by atoms with Crippen LogP contribution in [0.3, 0.4) is 0 Å². The van der Waals surface area contributed by atoms with Crippen molar-refractivity contribution in [2.45, 2.75) is 72.0 Å². The summed E-state index contributed by atoms with van der Waals surface area (Å²) in [6.45, 7) is 9.31. The summed E-state index contributed by atoms with van der Waals surface area (Å²) >= 11 is 3.69. The minimum Gasteiger partial charge on any atom is -0.461 e. The molecule has 1 aliphatic heterocycles. The molecule has 1 saturated carbocycles. The number of carbonyl (C=O) groups excluding carboxylic acids is 1. The molecule has 2 heterocycles. The van der Waals surface area contributed by atoms with Crippen LogP contribution in [0.1, 0.15) is 69.0 Å². The molecule has 6 heteroatoms. The molecule has 0 bridgehead atoms. The molecule has 0 aromatic carbocycles. The number of hydrogen-bond acceptors (Lipinski definition) is 5. The molecule has 0 radical (unpaired) electrons. The number of piperidine rings is 1. The second-order valence-electron chi connectivity index (χ2n) is 8.29. The predicted octanol–water partition coefficient (Wildman–Crippen LogP) is 4.46. The van der Waals surface area contributed by atoms with Crippen molar-refractivity contribution in [2.75, 3.05) is 18.0 Å². The van der Waals surface area contributed by atoms with Gasteiger partial charge in [-0.2, -0.15) is 0 Å². The normalized spacial score (nSPS) is 23.9. The van der Waals surface area contributed by atoms with Gasteiger partial charge in [0.2, 0.25) is 0 Å². The van der Waals surface area contributed by atoms with Crippen LogP contribution in [0.4, 0.5) is 5.69 Å². The Hall–Kier alpha value is -1.14. The van der Waals surface area contributed by atoms with Gasteiger partial charge in [-0.3, -0.25) is 4.98 Å². The topological polar surface area (TPSA) is 62.7 Å². The number of hydrogen-bond donors (Lipinski definition) is 1. The van der Waals surface area contributed by atoms with Crippen molar-refractivity contribution < 1.29 is 14.6 Å². The van der Waals surface area contributed by atoms with E-state index in [2.05, 4.69) is 25.8 Å². The zero-order valence-electron chi connectivity index (χ0n) is 16.8. The Morgan fingerprint density at radius 2 is 1.85 bits per heavy atom. The van der Waals surface area contributed by atoms with Crippen LogP contribution in [-0.2, 0) is 9.53 Å².